The van der Waals surface area contributed by atoms with Gasteiger partial charge in [-0.05, 0) is 53.6 Å². The van der Waals surface area contributed by atoms with Crippen LogP contribution in [-0.2, 0) is 9.59 Å². The minimum Gasteiger partial charge on any atom is -0.495 e. The molecule has 1 saturated heterocycles. The zero-order chi connectivity index (χ0) is 21.1. The molecule has 1 aliphatic rings. The van der Waals surface area contributed by atoms with Gasteiger partial charge in [-0.1, -0.05) is 0 Å². The standard InChI is InChI=1S/C19H22N8O3/c1-12(28)20-15-11-14(3-4-16(15)30-2)21-19(29)13-7-9-26(10-8-13)18-6-5-17-22-24-25-27(17)23-18/h3-6,11,13H,7-10H2,1-2H3,(H,20,28)(H,21,29). The van der Waals surface area contributed by atoms with Crippen molar-refractivity contribution in [1.29, 1.82) is 0 Å². The number of fused-ring (bicyclic) bond motifs is 1. The lowest BCUT2D eigenvalue weighted by molar-refractivity contribution is -0.120. The van der Waals surface area contributed by atoms with Crippen molar-refractivity contribution in [3.05, 3.63) is 30.3 Å². The number of carbonyl (C=O) groups is 2. The highest BCUT2D eigenvalue weighted by molar-refractivity contribution is 5.95. The molecular weight excluding hydrogens is 388 g/mol. The number of rotatable bonds is 5. The number of piperidine rings is 1. The Morgan fingerprint density at radius 2 is 1.93 bits per heavy atom. The molecule has 0 saturated carbocycles. The minimum atomic E-state index is -0.211. The third kappa shape index (κ3) is 4.14. The highest BCUT2D eigenvalue weighted by Gasteiger charge is 2.26. The summed E-state index contributed by atoms with van der Waals surface area (Å²) in [5.41, 5.74) is 1.71. The second kappa shape index (κ2) is 8.31. The Balaban J connectivity index is 1.38. The van der Waals surface area contributed by atoms with E-state index in [0.717, 1.165) is 5.82 Å². The maximum atomic E-state index is 12.7. The van der Waals surface area contributed by atoms with E-state index in [1.807, 2.05) is 12.1 Å². The quantitative estimate of drug-likeness (QED) is 0.645. The van der Waals surface area contributed by atoms with Gasteiger partial charge in [0.05, 0.1) is 12.8 Å². The number of aromatic nitrogens is 5. The van der Waals surface area contributed by atoms with Crippen LogP contribution < -0.4 is 20.3 Å². The lowest BCUT2D eigenvalue weighted by atomic mass is 9.96. The highest BCUT2D eigenvalue weighted by atomic mass is 16.5. The van der Waals surface area contributed by atoms with Crippen molar-refractivity contribution in [1.82, 2.24) is 25.3 Å². The first-order chi connectivity index (χ1) is 14.5. The summed E-state index contributed by atoms with van der Waals surface area (Å²) in [6.07, 6.45) is 1.41. The molecular formula is C19H22N8O3. The van der Waals surface area contributed by atoms with Crippen LogP contribution in [0, 0.1) is 5.92 Å². The SMILES string of the molecule is COc1ccc(NC(=O)C2CCN(c3ccc4nnnn4n3)CC2)cc1NC(C)=O. The van der Waals surface area contributed by atoms with Crippen molar-refractivity contribution in [3.63, 3.8) is 0 Å². The van der Waals surface area contributed by atoms with Gasteiger partial charge in [0.2, 0.25) is 11.8 Å². The van der Waals surface area contributed by atoms with E-state index in [0.29, 0.717) is 48.7 Å². The molecule has 2 aromatic heterocycles. The molecule has 1 aromatic carbocycles. The second-order valence-electron chi connectivity index (χ2n) is 7.06. The topological polar surface area (TPSA) is 127 Å². The van der Waals surface area contributed by atoms with Crippen LogP contribution >= 0.6 is 0 Å². The summed E-state index contributed by atoms with van der Waals surface area (Å²) in [5, 5.41) is 21.3. The van der Waals surface area contributed by atoms with E-state index in [1.165, 1.54) is 18.7 Å². The molecule has 2 N–H and O–H groups in total. The van der Waals surface area contributed by atoms with Crippen LogP contribution in [-0.4, -0.2) is 57.3 Å². The van der Waals surface area contributed by atoms with Gasteiger partial charge in [0.15, 0.2) is 11.5 Å². The number of amides is 2. The summed E-state index contributed by atoms with van der Waals surface area (Å²) in [7, 11) is 1.53. The first-order valence-corrected chi connectivity index (χ1v) is 9.60. The fraction of sp³-hybridized carbons (Fsp3) is 0.368. The van der Waals surface area contributed by atoms with Crippen LogP contribution in [0.1, 0.15) is 19.8 Å². The van der Waals surface area contributed by atoms with Gasteiger partial charge in [-0.25, -0.2) is 0 Å². The largest absolute Gasteiger partial charge is 0.495 e. The Bertz CT molecular complexity index is 1070. The van der Waals surface area contributed by atoms with Crippen molar-refractivity contribution >= 4 is 34.7 Å². The molecule has 3 aromatic rings. The summed E-state index contributed by atoms with van der Waals surface area (Å²) >= 11 is 0. The van der Waals surface area contributed by atoms with Crippen LogP contribution in [0.4, 0.5) is 17.2 Å². The first-order valence-electron chi connectivity index (χ1n) is 9.60. The fourth-order valence-corrected chi connectivity index (χ4v) is 3.50. The molecule has 0 radical (unpaired) electrons. The normalized spacial score (nSPS) is 14.5. The predicted octanol–water partition coefficient (Wildman–Crippen LogP) is 1.34. The fourth-order valence-electron chi connectivity index (χ4n) is 3.50. The number of tetrazole rings is 1. The number of methoxy groups -OCH3 is 1. The maximum Gasteiger partial charge on any atom is 0.227 e. The van der Waals surface area contributed by atoms with E-state index < -0.39 is 0 Å². The summed E-state index contributed by atoms with van der Waals surface area (Å²) < 4.78 is 6.64. The Morgan fingerprint density at radius 3 is 2.67 bits per heavy atom. The van der Waals surface area contributed by atoms with E-state index >= 15 is 0 Å². The van der Waals surface area contributed by atoms with Gasteiger partial charge in [0.1, 0.15) is 5.75 Å². The number of anilines is 3. The Hall–Kier alpha value is -3.76. The number of hydrogen-bond acceptors (Lipinski definition) is 8. The van der Waals surface area contributed by atoms with Crippen LogP contribution in [0.3, 0.4) is 0 Å². The Labute approximate surface area is 172 Å². The van der Waals surface area contributed by atoms with Crippen LogP contribution in [0.25, 0.3) is 5.65 Å². The van der Waals surface area contributed by atoms with Gasteiger partial charge in [-0.2, -0.15) is 0 Å². The average molecular weight is 410 g/mol. The first kappa shape index (κ1) is 19.6. The number of carbonyl (C=O) groups excluding carboxylic acids is 2. The maximum absolute atomic E-state index is 12.7. The van der Waals surface area contributed by atoms with Crippen LogP contribution in [0.5, 0.6) is 5.75 Å². The lowest BCUT2D eigenvalue weighted by Gasteiger charge is -2.31. The van der Waals surface area contributed by atoms with E-state index in [9.17, 15) is 9.59 Å². The molecule has 0 unspecified atom stereocenters. The van der Waals surface area contributed by atoms with Gasteiger partial charge in [0.25, 0.3) is 0 Å². The predicted molar refractivity (Wildman–Crippen MR) is 109 cm³/mol. The monoisotopic (exact) mass is 410 g/mol. The molecule has 1 fully saturated rings. The van der Waals surface area contributed by atoms with Gasteiger partial charge < -0.3 is 20.3 Å². The third-order valence-electron chi connectivity index (χ3n) is 5.02. The Morgan fingerprint density at radius 1 is 1.13 bits per heavy atom. The molecule has 2 amide bonds. The van der Waals surface area contributed by atoms with E-state index in [4.69, 9.17) is 4.74 Å². The van der Waals surface area contributed by atoms with Gasteiger partial charge in [-0.3, -0.25) is 9.59 Å². The zero-order valence-corrected chi connectivity index (χ0v) is 16.7. The summed E-state index contributed by atoms with van der Waals surface area (Å²) in [5.74, 6) is 0.951. The van der Waals surface area contributed by atoms with E-state index in [-0.39, 0.29) is 17.7 Å². The molecule has 0 bridgehead atoms. The van der Waals surface area contributed by atoms with Gasteiger partial charge >= 0.3 is 0 Å². The smallest absolute Gasteiger partial charge is 0.227 e. The number of nitrogens with zero attached hydrogens (tertiary/aromatic N) is 6. The number of ether oxygens (including phenoxy) is 1. The van der Waals surface area contributed by atoms with Crippen molar-refractivity contribution in [3.8, 4) is 5.75 Å². The summed E-state index contributed by atoms with van der Waals surface area (Å²) in [6, 6.07) is 8.86. The van der Waals surface area contributed by atoms with Crippen LogP contribution in [0.15, 0.2) is 30.3 Å². The highest BCUT2D eigenvalue weighted by Crippen LogP contribution is 2.29. The van der Waals surface area contributed by atoms with Crippen molar-refractivity contribution in [2.24, 2.45) is 5.92 Å². The number of nitrogens with one attached hydrogen (secondary N) is 2. The molecule has 3 heterocycles. The van der Waals surface area contributed by atoms with Gasteiger partial charge in [0, 0.05) is 31.6 Å². The minimum absolute atomic E-state index is 0.0440. The molecule has 11 heteroatoms. The molecule has 4 rings (SSSR count). The van der Waals surface area contributed by atoms with Crippen molar-refractivity contribution in [2.45, 2.75) is 19.8 Å². The van der Waals surface area contributed by atoms with E-state index in [1.54, 1.807) is 18.2 Å². The third-order valence-corrected chi connectivity index (χ3v) is 5.02. The summed E-state index contributed by atoms with van der Waals surface area (Å²) in [4.78, 5) is 26.3. The molecule has 11 nitrogen and oxygen atoms in total. The van der Waals surface area contributed by atoms with E-state index in [2.05, 4.69) is 36.2 Å². The molecule has 30 heavy (non-hydrogen) atoms. The lowest BCUT2D eigenvalue weighted by Crippen LogP contribution is -2.38. The van der Waals surface area contributed by atoms with Crippen LogP contribution in [0.2, 0.25) is 0 Å². The summed E-state index contributed by atoms with van der Waals surface area (Å²) in [6.45, 7) is 2.83. The van der Waals surface area contributed by atoms with Gasteiger partial charge in [-0.15, -0.1) is 14.8 Å². The molecule has 156 valence electrons. The zero-order valence-electron chi connectivity index (χ0n) is 16.7. The molecule has 0 spiro atoms. The Kier molecular flexibility index (Phi) is 5.42. The van der Waals surface area contributed by atoms with Crippen molar-refractivity contribution in [2.75, 3.05) is 35.7 Å². The molecule has 1 aliphatic heterocycles. The number of benzene rings is 1. The average Bonchev–Trinajstić information content (AvgIpc) is 3.21. The number of hydrogen-bond donors (Lipinski definition) is 2. The molecule has 0 aliphatic carbocycles. The second-order valence-corrected chi connectivity index (χ2v) is 7.06. The van der Waals surface area contributed by atoms with Crippen molar-refractivity contribution < 1.29 is 14.3 Å². The molecule has 0 atom stereocenters.